The lowest BCUT2D eigenvalue weighted by molar-refractivity contribution is 0.517. The molecular formula is C28H18F2. The normalized spacial score (nSPS) is 10.1. The van der Waals surface area contributed by atoms with Crippen LogP contribution in [0.4, 0.5) is 8.78 Å². The summed E-state index contributed by atoms with van der Waals surface area (Å²) in [5.74, 6) is 10.8. The van der Waals surface area contributed by atoms with Gasteiger partial charge in [0.2, 0.25) is 0 Å². The molecule has 0 aliphatic rings. The van der Waals surface area contributed by atoms with Crippen molar-refractivity contribution in [1.29, 1.82) is 0 Å². The zero-order chi connectivity index (χ0) is 20.9. The van der Waals surface area contributed by atoms with Crippen molar-refractivity contribution in [2.75, 3.05) is 0 Å². The Morgan fingerprint density at radius 1 is 0.600 bits per heavy atom. The molecule has 30 heavy (non-hydrogen) atoms. The lowest BCUT2D eigenvalue weighted by atomic mass is 10.1. The van der Waals surface area contributed by atoms with Crippen LogP contribution >= 0.6 is 0 Å². The summed E-state index contributed by atoms with van der Waals surface area (Å²) in [5.41, 5.74) is 4.81. The van der Waals surface area contributed by atoms with Gasteiger partial charge in [-0.1, -0.05) is 54.9 Å². The van der Waals surface area contributed by atoms with E-state index in [1.807, 2.05) is 36.4 Å². The van der Waals surface area contributed by atoms with Gasteiger partial charge < -0.3 is 0 Å². The lowest BCUT2D eigenvalue weighted by Gasteiger charge is -2.01. The van der Waals surface area contributed by atoms with Crippen molar-refractivity contribution in [3.63, 3.8) is 0 Å². The topological polar surface area (TPSA) is 0 Å². The maximum atomic E-state index is 13.8. The molecular weight excluding hydrogens is 374 g/mol. The van der Waals surface area contributed by atoms with Crippen LogP contribution in [0.5, 0.6) is 0 Å². The second-order valence-electron chi connectivity index (χ2n) is 6.93. The van der Waals surface area contributed by atoms with Gasteiger partial charge >= 0.3 is 0 Å². The average Bonchev–Trinajstić information content (AvgIpc) is 2.80. The summed E-state index contributed by atoms with van der Waals surface area (Å²) in [5, 5.41) is 0.881. The molecule has 0 saturated heterocycles. The van der Waals surface area contributed by atoms with E-state index in [0.29, 0.717) is 5.39 Å². The molecule has 0 bridgehead atoms. The monoisotopic (exact) mass is 392 g/mol. The molecule has 0 unspecified atom stereocenters. The van der Waals surface area contributed by atoms with Gasteiger partial charge in [0.1, 0.15) is 0 Å². The Labute approximate surface area is 175 Å². The van der Waals surface area contributed by atoms with Crippen LogP contribution in [0.3, 0.4) is 0 Å². The van der Waals surface area contributed by atoms with Crippen molar-refractivity contribution >= 4 is 10.8 Å². The van der Waals surface area contributed by atoms with E-state index in [1.54, 1.807) is 24.3 Å². The van der Waals surface area contributed by atoms with Crippen LogP contribution in [-0.4, -0.2) is 0 Å². The van der Waals surface area contributed by atoms with Crippen molar-refractivity contribution in [2.45, 2.75) is 13.3 Å². The molecule has 0 amide bonds. The Morgan fingerprint density at radius 3 is 1.67 bits per heavy atom. The molecule has 2 heteroatoms. The molecule has 0 N–H and O–H groups in total. The number of fused-ring (bicyclic) bond motifs is 1. The molecule has 0 aromatic heterocycles. The number of aryl methyl sites for hydroxylation is 1. The first-order valence-electron chi connectivity index (χ1n) is 9.73. The first-order chi connectivity index (χ1) is 14.6. The van der Waals surface area contributed by atoms with E-state index in [9.17, 15) is 8.78 Å². The number of hydrogen-bond donors (Lipinski definition) is 0. The molecule has 0 aliphatic carbocycles. The van der Waals surface area contributed by atoms with Gasteiger partial charge in [-0.2, -0.15) is 0 Å². The third-order valence-corrected chi connectivity index (χ3v) is 4.86. The average molecular weight is 392 g/mol. The molecule has 0 atom stereocenters. The Kier molecular flexibility index (Phi) is 5.60. The molecule has 0 radical (unpaired) electrons. The molecule has 0 nitrogen and oxygen atoms in total. The summed E-state index contributed by atoms with van der Waals surface area (Å²) in [6.45, 7) is 2.13. The van der Waals surface area contributed by atoms with E-state index in [-0.39, 0.29) is 5.39 Å². The molecule has 0 fully saturated rings. The fraction of sp³-hybridized carbons (Fsp3) is 0.0714. The third-order valence-electron chi connectivity index (χ3n) is 4.86. The van der Waals surface area contributed by atoms with Gasteiger partial charge in [0.15, 0.2) is 11.6 Å². The molecule has 0 spiro atoms. The molecule has 4 aromatic carbocycles. The first-order valence-corrected chi connectivity index (χ1v) is 9.73. The fourth-order valence-electron chi connectivity index (χ4n) is 3.09. The smallest absolute Gasteiger partial charge is 0.166 e. The Bertz CT molecular complexity index is 1320. The summed E-state index contributed by atoms with van der Waals surface area (Å²) in [4.78, 5) is 0. The van der Waals surface area contributed by atoms with Crippen LogP contribution in [0.15, 0.2) is 78.9 Å². The minimum absolute atomic E-state index is 0.257. The maximum Gasteiger partial charge on any atom is 0.166 e. The predicted molar refractivity (Wildman–Crippen MR) is 118 cm³/mol. The highest BCUT2D eigenvalue weighted by molar-refractivity contribution is 5.84. The summed E-state index contributed by atoms with van der Waals surface area (Å²) >= 11 is 0. The third kappa shape index (κ3) is 4.40. The van der Waals surface area contributed by atoms with Crippen molar-refractivity contribution < 1.29 is 8.78 Å². The second kappa shape index (κ2) is 8.64. The molecule has 144 valence electrons. The predicted octanol–water partition coefficient (Wildman–Crippen LogP) is 6.48. The summed E-state index contributed by atoms with van der Waals surface area (Å²) in [7, 11) is 0. The SMILES string of the molecule is CCc1ccc(C#Cc2ccc(C#Cc3ccc4c(F)c(F)ccc4c3)cc2)cc1. The van der Waals surface area contributed by atoms with E-state index < -0.39 is 11.6 Å². The Balaban J connectivity index is 1.50. The number of halogens is 2. The van der Waals surface area contributed by atoms with Gasteiger partial charge in [0.05, 0.1) is 0 Å². The van der Waals surface area contributed by atoms with Crippen LogP contribution < -0.4 is 0 Å². The van der Waals surface area contributed by atoms with Crippen molar-refractivity contribution in [3.8, 4) is 23.7 Å². The highest BCUT2D eigenvalue weighted by atomic mass is 19.2. The van der Waals surface area contributed by atoms with Crippen molar-refractivity contribution in [1.82, 2.24) is 0 Å². The standard InChI is InChI=1S/C28H18F2/c1-2-20-3-5-21(6-4-20)7-8-22-9-11-23(12-10-22)13-14-24-15-17-26-25(19-24)16-18-27(29)28(26)30/h3-6,9-12,15-19H,2H2,1H3. The van der Waals surface area contributed by atoms with Crippen molar-refractivity contribution in [2.24, 2.45) is 0 Å². The van der Waals surface area contributed by atoms with Crippen LogP contribution in [0.25, 0.3) is 10.8 Å². The summed E-state index contributed by atoms with van der Waals surface area (Å²) < 4.78 is 27.1. The Hall–Kier alpha value is -3.88. The van der Waals surface area contributed by atoms with Crippen LogP contribution in [0.2, 0.25) is 0 Å². The van der Waals surface area contributed by atoms with Gasteiger partial charge in [-0.3, -0.25) is 0 Å². The molecule has 0 heterocycles. The van der Waals surface area contributed by atoms with E-state index in [2.05, 4.69) is 42.7 Å². The number of hydrogen-bond acceptors (Lipinski definition) is 0. The first kappa shape index (κ1) is 19.4. The van der Waals surface area contributed by atoms with Gasteiger partial charge in [-0.25, -0.2) is 8.78 Å². The molecule has 4 rings (SSSR count). The fourth-order valence-corrected chi connectivity index (χ4v) is 3.09. The van der Waals surface area contributed by atoms with E-state index in [1.165, 1.54) is 5.56 Å². The molecule has 0 saturated carbocycles. The van der Waals surface area contributed by atoms with Crippen LogP contribution in [0, 0.1) is 35.3 Å². The van der Waals surface area contributed by atoms with Crippen molar-refractivity contribution in [3.05, 3.63) is 118 Å². The zero-order valence-electron chi connectivity index (χ0n) is 16.5. The van der Waals surface area contributed by atoms with Gasteiger partial charge in [0, 0.05) is 27.6 Å². The minimum Gasteiger partial charge on any atom is -0.204 e. The molecule has 0 aliphatic heterocycles. The van der Waals surface area contributed by atoms with Crippen LogP contribution in [-0.2, 0) is 6.42 Å². The van der Waals surface area contributed by atoms with Gasteiger partial charge in [-0.05, 0) is 72.0 Å². The quantitative estimate of drug-likeness (QED) is 0.325. The van der Waals surface area contributed by atoms with Crippen LogP contribution in [0.1, 0.15) is 34.7 Å². The highest BCUT2D eigenvalue weighted by Gasteiger charge is 2.06. The highest BCUT2D eigenvalue weighted by Crippen LogP contribution is 2.21. The lowest BCUT2D eigenvalue weighted by Crippen LogP contribution is -1.86. The Morgan fingerprint density at radius 2 is 1.10 bits per heavy atom. The second-order valence-corrected chi connectivity index (χ2v) is 6.93. The number of benzene rings is 4. The maximum absolute atomic E-state index is 13.8. The van der Waals surface area contributed by atoms with E-state index in [0.717, 1.165) is 34.7 Å². The van der Waals surface area contributed by atoms with Gasteiger partial charge in [-0.15, -0.1) is 0 Å². The van der Waals surface area contributed by atoms with Gasteiger partial charge in [0.25, 0.3) is 0 Å². The zero-order valence-corrected chi connectivity index (χ0v) is 16.5. The largest absolute Gasteiger partial charge is 0.204 e. The summed E-state index contributed by atoms with van der Waals surface area (Å²) in [6, 6.07) is 23.7. The minimum atomic E-state index is -0.845. The molecule has 4 aromatic rings. The van der Waals surface area contributed by atoms with E-state index >= 15 is 0 Å². The number of rotatable bonds is 1. The van der Waals surface area contributed by atoms with E-state index in [4.69, 9.17) is 0 Å². The summed E-state index contributed by atoms with van der Waals surface area (Å²) in [6.07, 6.45) is 1.02.